The number of pyridine rings is 1. The molecule has 3 atom stereocenters. The monoisotopic (exact) mass is 500 g/mol. The summed E-state index contributed by atoms with van der Waals surface area (Å²) in [6.07, 6.45) is 8.90. The number of aliphatic hydroxyl groups is 1. The summed E-state index contributed by atoms with van der Waals surface area (Å²) < 4.78 is 1.51. The van der Waals surface area contributed by atoms with E-state index in [1.807, 2.05) is 17.0 Å². The number of H-pyrrole nitrogens is 1. The molecule has 2 fully saturated rings. The van der Waals surface area contributed by atoms with E-state index in [1.54, 1.807) is 24.8 Å². The average molecular weight is 501 g/mol. The molecule has 0 saturated carbocycles. The maximum Gasteiger partial charge on any atom is 0.251 e. The highest BCUT2D eigenvalue weighted by Crippen LogP contribution is 2.44. The number of aromatic nitrogens is 6. The van der Waals surface area contributed by atoms with Gasteiger partial charge in [0.05, 0.1) is 17.5 Å². The van der Waals surface area contributed by atoms with Crippen molar-refractivity contribution in [2.45, 2.75) is 63.6 Å². The number of Topliss-reactive ketones (excluding diaryl/α,β-unsaturated/α-hetero) is 1. The smallest absolute Gasteiger partial charge is 0.251 e. The van der Waals surface area contributed by atoms with Gasteiger partial charge in [-0.2, -0.15) is 9.61 Å². The minimum absolute atomic E-state index is 0.00707. The molecule has 0 aliphatic carbocycles. The van der Waals surface area contributed by atoms with Crippen molar-refractivity contribution in [3.63, 3.8) is 0 Å². The summed E-state index contributed by atoms with van der Waals surface area (Å²) in [7, 11) is 0. The molecule has 6 rings (SSSR count). The second kappa shape index (κ2) is 8.77. The van der Waals surface area contributed by atoms with Gasteiger partial charge in [-0.05, 0) is 45.6 Å². The Kier molecular flexibility index (Phi) is 5.52. The minimum atomic E-state index is -1.03. The van der Waals surface area contributed by atoms with E-state index < -0.39 is 6.10 Å². The van der Waals surface area contributed by atoms with E-state index in [4.69, 9.17) is 10.7 Å². The van der Waals surface area contributed by atoms with E-state index in [-0.39, 0.29) is 35.5 Å². The van der Waals surface area contributed by atoms with Gasteiger partial charge < -0.3 is 20.7 Å². The van der Waals surface area contributed by atoms with Crippen LogP contribution in [0, 0.1) is 0 Å². The third-order valence-corrected chi connectivity index (χ3v) is 7.61. The van der Waals surface area contributed by atoms with Crippen molar-refractivity contribution < 1.29 is 14.7 Å². The number of anilines is 1. The van der Waals surface area contributed by atoms with Crippen molar-refractivity contribution in [1.82, 2.24) is 34.4 Å². The standard InChI is InChI=1S/C26H28N8O3/c1-13(35)21-22(16-9-17-4-5-18(10-16)33(17)26(37)14(2)36)32-25-19(12-31-34(25)23(21)27)15-3-6-20(30-11-15)24-28-7-8-29-24/h3,6-8,11-12,14,16-18,36H,4-5,9-10,27H2,1-2H3,(H,28,29)/t14-,17-,18-/m0/s1. The molecule has 4 aromatic rings. The molecule has 37 heavy (non-hydrogen) atoms. The molecule has 2 bridgehead atoms. The van der Waals surface area contributed by atoms with Crippen LogP contribution in [0.1, 0.15) is 61.5 Å². The van der Waals surface area contributed by atoms with Crippen molar-refractivity contribution >= 4 is 23.2 Å². The van der Waals surface area contributed by atoms with Crippen LogP contribution >= 0.6 is 0 Å². The summed E-state index contributed by atoms with van der Waals surface area (Å²) in [4.78, 5) is 44.0. The lowest BCUT2D eigenvalue weighted by molar-refractivity contribution is -0.144. The van der Waals surface area contributed by atoms with E-state index >= 15 is 0 Å². The summed E-state index contributed by atoms with van der Waals surface area (Å²) >= 11 is 0. The zero-order valence-electron chi connectivity index (χ0n) is 20.6. The Hall–Kier alpha value is -4.12. The summed E-state index contributed by atoms with van der Waals surface area (Å²) in [6, 6.07) is 3.82. The number of hydrogen-bond acceptors (Lipinski definition) is 8. The van der Waals surface area contributed by atoms with Crippen molar-refractivity contribution in [3.05, 3.63) is 48.2 Å². The second-order valence-corrected chi connectivity index (χ2v) is 9.95. The topological polar surface area (TPSA) is 155 Å². The first kappa shape index (κ1) is 23.3. The molecule has 4 N–H and O–H groups in total. The molecular formula is C26H28N8O3. The Labute approximate surface area is 212 Å². The largest absolute Gasteiger partial charge is 0.384 e. The first-order valence-corrected chi connectivity index (χ1v) is 12.5. The molecule has 0 radical (unpaired) electrons. The highest BCUT2D eigenvalue weighted by atomic mass is 16.3. The van der Waals surface area contributed by atoms with E-state index in [1.165, 1.54) is 18.4 Å². The minimum Gasteiger partial charge on any atom is -0.384 e. The fourth-order valence-electron chi connectivity index (χ4n) is 5.97. The zero-order chi connectivity index (χ0) is 25.8. The number of hydrogen-bond donors (Lipinski definition) is 3. The van der Waals surface area contributed by atoms with Crippen molar-refractivity contribution in [3.8, 4) is 22.6 Å². The van der Waals surface area contributed by atoms with Crippen molar-refractivity contribution in [2.24, 2.45) is 0 Å². The van der Waals surface area contributed by atoms with Gasteiger partial charge in [0.25, 0.3) is 5.91 Å². The fourth-order valence-corrected chi connectivity index (χ4v) is 5.97. The number of aromatic amines is 1. The van der Waals surface area contributed by atoms with E-state index in [0.29, 0.717) is 41.3 Å². The molecule has 2 aliphatic heterocycles. The van der Waals surface area contributed by atoms with Crippen LogP contribution in [0.15, 0.2) is 36.9 Å². The first-order valence-electron chi connectivity index (χ1n) is 12.5. The highest BCUT2D eigenvalue weighted by Gasteiger charge is 2.45. The van der Waals surface area contributed by atoms with Gasteiger partial charge in [-0.25, -0.2) is 9.97 Å². The summed E-state index contributed by atoms with van der Waals surface area (Å²) in [6.45, 7) is 3.00. The Morgan fingerprint density at radius 3 is 2.51 bits per heavy atom. The summed E-state index contributed by atoms with van der Waals surface area (Å²) in [5.74, 6) is 0.498. The van der Waals surface area contributed by atoms with Crippen molar-refractivity contribution in [2.75, 3.05) is 5.73 Å². The molecule has 11 heteroatoms. The number of imidazole rings is 1. The number of fused-ring (bicyclic) bond motifs is 3. The average Bonchev–Trinajstić information content (AvgIpc) is 3.62. The number of amides is 1. The number of carbonyl (C=O) groups is 2. The summed E-state index contributed by atoms with van der Waals surface area (Å²) in [5, 5.41) is 14.3. The number of nitrogen functional groups attached to an aromatic ring is 1. The third kappa shape index (κ3) is 3.77. The van der Waals surface area contributed by atoms with Gasteiger partial charge in [-0.3, -0.25) is 14.6 Å². The second-order valence-electron chi connectivity index (χ2n) is 9.95. The van der Waals surface area contributed by atoms with Gasteiger partial charge in [-0.15, -0.1) is 0 Å². The van der Waals surface area contributed by atoms with Gasteiger partial charge in [0.15, 0.2) is 17.3 Å². The van der Waals surface area contributed by atoms with Gasteiger partial charge >= 0.3 is 0 Å². The number of aliphatic hydroxyl groups excluding tert-OH is 1. The number of nitrogens with one attached hydrogen (secondary N) is 1. The maximum absolute atomic E-state index is 12.8. The van der Waals surface area contributed by atoms with Crippen LogP contribution in [0.25, 0.3) is 28.3 Å². The molecule has 0 unspecified atom stereocenters. The van der Waals surface area contributed by atoms with Gasteiger partial charge in [-0.1, -0.05) is 6.07 Å². The molecule has 2 saturated heterocycles. The van der Waals surface area contributed by atoms with Gasteiger partial charge in [0.2, 0.25) is 0 Å². The molecule has 0 spiro atoms. The molecule has 6 heterocycles. The molecule has 2 aliphatic rings. The van der Waals surface area contributed by atoms with Crippen LogP contribution in [-0.4, -0.2) is 69.4 Å². The number of nitrogens with two attached hydrogens (primary N) is 1. The van der Waals surface area contributed by atoms with Crippen LogP contribution in [0.5, 0.6) is 0 Å². The molecular weight excluding hydrogens is 472 g/mol. The van der Waals surface area contributed by atoms with Gasteiger partial charge in [0, 0.05) is 47.7 Å². The Balaban J connectivity index is 1.41. The highest BCUT2D eigenvalue weighted by molar-refractivity contribution is 6.00. The number of rotatable bonds is 5. The van der Waals surface area contributed by atoms with Crippen LogP contribution in [0.3, 0.4) is 0 Å². The maximum atomic E-state index is 12.8. The predicted octanol–water partition coefficient (Wildman–Crippen LogP) is 2.58. The van der Waals surface area contributed by atoms with Crippen LogP contribution in [0.4, 0.5) is 5.82 Å². The zero-order valence-corrected chi connectivity index (χ0v) is 20.6. The predicted molar refractivity (Wildman–Crippen MR) is 136 cm³/mol. The van der Waals surface area contributed by atoms with Gasteiger partial charge in [0.1, 0.15) is 17.6 Å². The lowest BCUT2D eigenvalue weighted by atomic mass is 9.85. The number of piperidine rings is 1. The van der Waals surface area contributed by atoms with E-state index in [0.717, 1.165) is 24.0 Å². The van der Waals surface area contributed by atoms with E-state index in [9.17, 15) is 14.7 Å². The van der Waals surface area contributed by atoms with Crippen LogP contribution in [0.2, 0.25) is 0 Å². The van der Waals surface area contributed by atoms with Crippen LogP contribution < -0.4 is 5.73 Å². The normalized spacial score (nSPS) is 21.9. The molecule has 1 amide bonds. The lowest BCUT2D eigenvalue weighted by Gasteiger charge is -2.39. The number of ketones is 1. The van der Waals surface area contributed by atoms with Crippen molar-refractivity contribution in [1.29, 1.82) is 0 Å². The van der Waals surface area contributed by atoms with E-state index in [2.05, 4.69) is 20.1 Å². The summed E-state index contributed by atoms with van der Waals surface area (Å²) in [5.41, 5.74) is 10.4. The first-order chi connectivity index (χ1) is 17.8. The molecule has 190 valence electrons. The molecule has 11 nitrogen and oxygen atoms in total. The fraction of sp³-hybridized carbons (Fsp3) is 0.385. The lowest BCUT2D eigenvalue weighted by Crippen LogP contribution is -2.49. The molecule has 0 aromatic carbocycles. The number of carbonyl (C=O) groups excluding carboxylic acids is 2. The molecule has 4 aromatic heterocycles. The Morgan fingerprint density at radius 2 is 1.92 bits per heavy atom. The number of nitrogens with zero attached hydrogens (tertiary/aromatic N) is 6. The SMILES string of the molecule is CC(=O)c1c(C2C[C@@H]3CC[C@@H](C2)N3C(=O)[C@H](C)O)nc2c(-c3ccc(-c4ncc[nH]4)nc3)cnn2c1N. The Bertz CT molecular complexity index is 1480. The Morgan fingerprint density at radius 1 is 1.16 bits per heavy atom. The third-order valence-electron chi connectivity index (χ3n) is 7.61. The quantitative estimate of drug-likeness (QED) is 0.353. The van der Waals surface area contributed by atoms with Crippen LogP contribution in [-0.2, 0) is 4.79 Å².